The Morgan fingerprint density at radius 2 is 1.63 bits per heavy atom. The topological polar surface area (TPSA) is 114 Å². The molecule has 10 heteroatoms. The molecule has 216 valence electrons. The van der Waals surface area contributed by atoms with Gasteiger partial charge in [-0.1, -0.05) is 73.5 Å². The van der Waals surface area contributed by atoms with Gasteiger partial charge >= 0.3 is 0 Å². The maximum atomic E-state index is 14.3. The maximum absolute atomic E-state index is 14.3. The molecule has 3 aromatic carbocycles. The third kappa shape index (κ3) is 6.45. The number of hydrogen-bond donors (Lipinski definition) is 2. The number of sulfonamides is 1. The van der Waals surface area contributed by atoms with Crippen molar-refractivity contribution in [1.82, 2.24) is 15.1 Å². The summed E-state index contributed by atoms with van der Waals surface area (Å²) >= 11 is 0. The number of ether oxygens (including phenoxy) is 1. The Hall–Kier alpha value is -3.73. The van der Waals surface area contributed by atoms with Gasteiger partial charge in [0.25, 0.3) is 11.8 Å². The first-order valence-corrected chi connectivity index (χ1v) is 15.6. The van der Waals surface area contributed by atoms with Gasteiger partial charge < -0.3 is 9.64 Å². The molecule has 0 aromatic heterocycles. The minimum Gasteiger partial charge on any atom is -0.497 e. The summed E-state index contributed by atoms with van der Waals surface area (Å²) in [5, 5.41) is 0. The van der Waals surface area contributed by atoms with E-state index in [9.17, 15) is 18.0 Å². The van der Waals surface area contributed by atoms with Gasteiger partial charge in [-0.2, -0.15) is 0 Å². The molecule has 2 N–H and O–H groups in total. The van der Waals surface area contributed by atoms with Crippen molar-refractivity contribution in [3.63, 3.8) is 0 Å². The quantitative estimate of drug-likeness (QED) is 0.371. The van der Waals surface area contributed by atoms with Crippen molar-refractivity contribution in [1.29, 1.82) is 0 Å². The van der Waals surface area contributed by atoms with Gasteiger partial charge in [-0.25, -0.2) is 18.6 Å². The fraction of sp³-hybridized carbons (Fsp3) is 0.355. The second-order valence-corrected chi connectivity index (χ2v) is 12.4. The van der Waals surface area contributed by atoms with Crippen LogP contribution in [0.3, 0.4) is 0 Å². The first kappa shape index (κ1) is 28.8. The second kappa shape index (κ2) is 12.4. The lowest BCUT2D eigenvalue weighted by molar-refractivity contribution is -0.138. The molecule has 1 saturated carbocycles. The Kier molecular flexibility index (Phi) is 8.72. The van der Waals surface area contributed by atoms with E-state index in [4.69, 9.17) is 9.57 Å². The van der Waals surface area contributed by atoms with Crippen molar-refractivity contribution in [3.05, 3.63) is 101 Å². The van der Waals surface area contributed by atoms with E-state index in [1.807, 2.05) is 48.5 Å². The van der Waals surface area contributed by atoms with Gasteiger partial charge in [-0.3, -0.25) is 14.4 Å². The van der Waals surface area contributed by atoms with Gasteiger partial charge in [0.05, 0.1) is 31.9 Å². The molecule has 0 radical (unpaired) electrons. The van der Waals surface area contributed by atoms with Crippen molar-refractivity contribution in [2.75, 3.05) is 13.4 Å². The predicted octanol–water partition coefficient (Wildman–Crippen LogP) is 4.08. The van der Waals surface area contributed by atoms with Crippen LogP contribution in [0.5, 0.6) is 5.75 Å². The van der Waals surface area contributed by atoms with Crippen LogP contribution < -0.4 is 14.9 Å². The second-order valence-electron chi connectivity index (χ2n) is 10.6. The van der Waals surface area contributed by atoms with Gasteiger partial charge in [0.15, 0.2) is 0 Å². The molecule has 2 amide bonds. The summed E-state index contributed by atoms with van der Waals surface area (Å²) < 4.78 is 32.8. The summed E-state index contributed by atoms with van der Waals surface area (Å²) in [6.45, 7) is 0.180. The van der Waals surface area contributed by atoms with Crippen molar-refractivity contribution in [2.24, 2.45) is 0 Å². The van der Waals surface area contributed by atoms with E-state index >= 15 is 0 Å². The number of benzene rings is 3. The van der Waals surface area contributed by atoms with E-state index in [2.05, 4.69) is 10.2 Å². The van der Waals surface area contributed by atoms with Gasteiger partial charge in [0.2, 0.25) is 10.0 Å². The summed E-state index contributed by atoms with van der Waals surface area (Å²) in [6, 6.07) is 22.3. The fourth-order valence-electron chi connectivity index (χ4n) is 6.04. The smallest absolute Gasteiger partial charge is 0.255 e. The van der Waals surface area contributed by atoms with Gasteiger partial charge in [0.1, 0.15) is 5.75 Å². The first-order chi connectivity index (χ1) is 19.8. The van der Waals surface area contributed by atoms with E-state index in [1.165, 1.54) is 0 Å². The summed E-state index contributed by atoms with van der Waals surface area (Å²) in [4.78, 5) is 35.6. The van der Waals surface area contributed by atoms with Crippen LogP contribution in [0, 0.1) is 0 Å². The molecule has 3 aromatic rings. The number of carbonyl (C=O) groups is 2. The van der Waals surface area contributed by atoms with Crippen LogP contribution in [-0.4, -0.2) is 50.6 Å². The zero-order valence-electron chi connectivity index (χ0n) is 23.2. The lowest BCUT2D eigenvalue weighted by atomic mass is 9.76. The number of amides is 2. The summed E-state index contributed by atoms with van der Waals surface area (Å²) in [6.07, 6.45) is 4.01. The average molecular weight is 578 g/mol. The molecule has 1 heterocycles. The van der Waals surface area contributed by atoms with Crippen LogP contribution in [0.4, 0.5) is 0 Å². The average Bonchev–Trinajstić information content (AvgIpc) is 2.97. The third-order valence-corrected chi connectivity index (χ3v) is 8.55. The van der Waals surface area contributed by atoms with Crippen molar-refractivity contribution < 1.29 is 27.6 Å². The van der Waals surface area contributed by atoms with Crippen LogP contribution in [0.25, 0.3) is 0 Å². The van der Waals surface area contributed by atoms with E-state index < -0.39 is 40.0 Å². The van der Waals surface area contributed by atoms with Crippen LogP contribution in [-0.2, 0) is 26.3 Å². The minimum absolute atomic E-state index is 0.180. The Morgan fingerprint density at radius 3 is 2.34 bits per heavy atom. The molecule has 0 unspecified atom stereocenters. The molecule has 2 aliphatic rings. The van der Waals surface area contributed by atoms with Crippen LogP contribution >= 0.6 is 0 Å². The Labute approximate surface area is 240 Å². The normalized spacial score (nSPS) is 22.6. The highest BCUT2D eigenvalue weighted by Crippen LogP contribution is 2.46. The lowest BCUT2D eigenvalue weighted by Crippen LogP contribution is -2.59. The highest BCUT2D eigenvalue weighted by molar-refractivity contribution is 7.88. The predicted molar refractivity (Wildman–Crippen MR) is 154 cm³/mol. The SMILES string of the molecule is COc1ccc([C@H]2[C@H](C(=O)NOCc3ccccc3)c3ccccc3C(=O)N2[C@@H]2CCCC[C@H]2NS(C)(=O)=O)cc1. The standard InChI is InChI=1S/C31H35N3O6S/c1-39-23-18-16-22(17-19-23)29-28(30(35)32-40-20-21-10-4-3-5-11-21)24-12-6-7-13-25(24)31(36)34(29)27-15-9-8-14-26(27)33-41(2,37)38/h3-7,10-13,16-19,26-29,33H,8-9,14-15,20H2,1-2H3,(H,32,35)/t26-,27-,28-,29+/m1/s1. The number of hydroxylamine groups is 1. The van der Waals surface area contributed by atoms with Crippen LogP contribution in [0.2, 0.25) is 0 Å². The van der Waals surface area contributed by atoms with Crippen molar-refractivity contribution >= 4 is 21.8 Å². The summed E-state index contributed by atoms with van der Waals surface area (Å²) in [5.41, 5.74) is 5.29. The van der Waals surface area contributed by atoms with E-state index in [-0.39, 0.29) is 12.5 Å². The van der Waals surface area contributed by atoms with Gasteiger partial charge in [0, 0.05) is 17.6 Å². The maximum Gasteiger partial charge on any atom is 0.255 e. The van der Waals surface area contributed by atoms with E-state index in [0.29, 0.717) is 29.7 Å². The number of methoxy groups -OCH3 is 1. The van der Waals surface area contributed by atoms with Crippen molar-refractivity contribution in [2.45, 2.75) is 56.3 Å². The molecule has 0 bridgehead atoms. The van der Waals surface area contributed by atoms with Crippen LogP contribution in [0.15, 0.2) is 78.9 Å². The Balaban J connectivity index is 1.57. The molecule has 0 saturated heterocycles. The number of nitrogens with zero attached hydrogens (tertiary/aromatic N) is 1. The highest BCUT2D eigenvalue weighted by Gasteiger charge is 2.49. The minimum atomic E-state index is -3.54. The van der Waals surface area contributed by atoms with E-state index in [0.717, 1.165) is 30.2 Å². The number of fused-ring (bicyclic) bond motifs is 1. The summed E-state index contributed by atoms with van der Waals surface area (Å²) in [7, 11) is -1.96. The van der Waals surface area contributed by atoms with E-state index in [1.54, 1.807) is 42.3 Å². The zero-order valence-corrected chi connectivity index (χ0v) is 24.0. The molecule has 4 atom stereocenters. The van der Waals surface area contributed by atoms with Gasteiger partial charge in [-0.15, -0.1) is 0 Å². The molecule has 5 rings (SSSR count). The number of hydrogen-bond acceptors (Lipinski definition) is 6. The fourth-order valence-corrected chi connectivity index (χ4v) is 6.86. The molecular formula is C31H35N3O6S. The van der Waals surface area contributed by atoms with Gasteiger partial charge in [-0.05, 0) is 47.7 Å². The number of carbonyl (C=O) groups excluding carboxylic acids is 2. The highest BCUT2D eigenvalue weighted by atomic mass is 32.2. The van der Waals surface area contributed by atoms with Crippen LogP contribution in [0.1, 0.15) is 64.7 Å². The molecule has 1 fully saturated rings. The Morgan fingerprint density at radius 1 is 0.951 bits per heavy atom. The lowest BCUT2D eigenvalue weighted by Gasteiger charge is -2.49. The third-order valence-electron chi connectivity index (χ3n) is 7.82. The monoisotopic (exact) mass is 577 g/mol. The molecule has 1 aliphatic heterocycles. The molecular weight excluding hydrogens is 542 g/mol. The molecule has 0 spiro atoms. The van der Waals surface area contributed by atoms with Crippen molar-refractivity contribution in [3.8, 4) is 5.75 Å². The zero-order chi connectivity index (χ0) is 29.0. The largest absolute Gasteiger partial charge is 0.497 e. The number of nitrogens with one attached hydrogen (secondary N) is 2. The summed E-state index contributed by atoms with van der Waals surface area (Å²) in [5.74, 6) is -0.795. The molecule has 1 aliphatic carbocycles. The molecule has 9 nitrogen and oxygen atoms in total. The molecule has 41 heavy (non-hydrogen) atoms. The first-order valence-electron chi connectivity index (χ1n) is 13.7. The number of rotatable bonds is 9. The Bertz CT molecular complexity index is 1480.